The number of carbonyl (C=O) groups excluding carboxylic acids is 1. The van der Waals surface area contributed by atoms with E-state index in [2.05, 4.69) is 0 Å². The maximum Gasteiger partial charge on any atom is 0.153 e. The second-order valence-electron chi connectivity index (χ2n) is 2.09. The van der Waals surface area contributed by atoms with E-state index in [4.69, 9.17) is 5.11 Å². The van der Waals surface area contributed by atoms with Crippen molar-refractivity contribution >= 4 is 6.29 Å². The molecule has 0 aromatic heterocycles. The predicted octanol–water partition coefficient (Wildman–Crippen LogP) is 1.13. The van der Waals surface area contributed by atoms with Crippen LogP contribution in [0.15, 0.2) is 18.2 Å². The Morgan fingerprint density at radius 1 is 1.55 bits per heavy atom. The summed E-state index contributed by atoms with van der Waals surface area (Å²) in [6.07, 6.45) is 0.404. The fraction of sp³-hybridized carbons (Fsp3) is 0.125. The molecule has 11 heavy (non-hydrogen) atoms. The third-order valence-electron chi connectivity index (χ3n) is 1.43. The normalized spacial score (nSPS) is 9.64. The molecular weight excluding hydrogens is 147 g/mol. The highest BCUT2D eigenvalue weighted by Crippen LogP contribution is 2.10. The van der Waals surface area contributed by atoms with Gasteiger partial charge in [0.15, 0.2) is 6.29 Å². The minimum absolute atomic E-state index is 0.0602. The molecule has 1 aromatic carbocycles. The molecule has 0 radical (unpaired) electrons. The van der Waals surface area contributed by atoms with E-state index in [-0.39, 0.29) is 12.2 Å². The second-order valence-corrected chi connectivity index (χ2v) is 2.09. The van der Waals surface area contributed by atoms with Gasteiger partial charge in [0.25, 0.3) is 0 Å². The first kappa shape index (κ1) is 7.88. The number of carbonyl (C=O) groups is 1. The first-order valence-corrected chi connectivity index (χ1v) is 3.13. The maximum atomic E-state index is 12.7. The Morgan fingerprint density at radius 3 is 2.73 bits per heavy atom. The van der Waals surface area contributed by atoms with E-state index in [1.807, 2.05) is 0 Å². The van der Waals surface area contributed by atoms with E-state index < -0.39 is 5.82 Å². The number of aliphatic hydroxyl groups is 1. The van der Waals surface area contributed by atoms with Gasteiger partial charge in [-0.15, -0.1) is 0 Å². The number of hydrogen-bond donors (Lipinski definition) is 1. The molecule has 0 amide bonds. The zero-order valence-electron chi connectivity index (χ0n) is 5.75. The molecule has 3 heteroatoms. The molecule has 0 bridgehead atoms. The minimum Gasteiger partial charge on any atom is -0.392 e. The average molecular weight is 154 g/mol. The molecule has 0 aliphatic rings. The van der Waals surface area contributed by atoms with E-state index in [0.717, 1.165) is 0 Å². The number of aliphatic hydroxyl groups excluding tert-OH is 1. The van der Waals surface area contributed by atoms with Crippen LogP contribution in [0.3, 0.4) is 0 Å². The molecule has 0 spiro atoms. The molecule has 0 atom stereocenters. The van der Waals surface area contributed by atoms with Gasteiger partial charge in [-0.1, -0.05) is 12.1 Å². The molecule has 2 nitrogen and oxygen atoms in total. The summed E-state index contributed by atoms with van der Waals surface area (Å²) < 4.78 is 12.7. The summed E-state index contributed by atoms with van der Waals surface area (Å²) >= 11 is 0. The molecule has 0 heterocycles. The number of hydrogen-bond acceptors (Lipinski definition) is 2. The standard InChI is InChI=1S/C8H7FO2/c9-8-3-1-2-6(4-10)7(8)5-11/h1-3,5,10H,4H2. The summed E-state index contributed by atoms with van der Waals surface area (Å²) in [6.45, 7) is -0.314. The van der Waals surface area contributed by atoms with E-state index in [0.29, 0.717) is 11.8 Å². The summed E-state index contributed by atoms with van der Waals surface area (Å²) in [6, 6.07) is 4.14. The van der Waals surface area contributed by atoms with Gasteiger partial charge in [-0.3, -0.25) is 4.79 Å². The van der Waals surface area contributed by atoms with Crippen LogP contribution in [0.25, 0.3) is 0 Å². The van der Waals surface area contributed by atoms with E-state index in [1.165, 1.54) is 18.2 Å². The van der Waals surface area contributed by atoms with Crippen molar-refractivity contribution in [3.63, 3.8) is 0 Å². The highest BCUT2D eigenvalue weighted by atomic mass is 19.1. The summed E-state index contributed by atoms with van der Waals surface area (Å²) in [5.74, 6) is -0.591. The largest absolute Gasteiger partial charge is 0.392 e. The van der Waals surface area contributed by atoms with Crippen LogP contribution in [0.4, 0.5) is 4.39 Å². The van der Waals surface area contributed by atoms with Gasteiger partial charge in [-0.25, -0.2) is 4.39 Å². The van der Waals surface area contributed by atoms with Crippen molar-refractivity contribution < 1.29 is 14.3 Å². The predicted molar refractivity (Wildman–Crippen MR) is 37.7 cm³/mol. The summed E-state index contributed by atoms with van der Waals surface area (Å²) in [5.41, 5.74) is 0.259. The Morgan fingerprint density at radius 2 is 2.27 bits per heavy atom. The summed E-state index contributed by atoms with van der Waals surface area (Å²) in [7, 11) is 0. The van der Waals surface area contributed by atoms with Gasteiger partial charge in [0.1, 0.15) is 5.82 Å². The molecule has 0 unspecified atom stereocenters. The fourth-order valence-electron chi connectivity index (χ4n) is 0.852. The van der Waals surface area contributed by atoms with Gasteiger partial charge < -0.3 is 5.11 Å². The lowest BCUT2D eigenvalue weighted by atomic mass is 10.1. The molecule has 0 aliphatic carbocycles. The van der Waals surface area contributed by atoms with Crippen LogP contribution >= 0.6 is 0 Å². The molecule has 0 aliphatic heterocycles. The zero-order valence-corrected chi connectivity index (χ0v) is 5.75. The van der Waals surface area contributed by atoms with Crippen molar-refractivity contribution in [1.82, 2.24) is 0 Å². The van der Waals surface area contributed by atoms with Gasteiger partial charge >= 0.3 is 0 Å². The molecule has 0 fully saturated rings. The Labute approximate surface area is 63.3 Å². The second kappa shape index (κ2) is 3.25. The van der Waals surface area contributed by atoms with E-state index in [9.17, 15) is 9.18 Å². The molecular formula is C8H7FO2. The highest BCUT2D eigenvalue weighted by Gasteiger charge is 2.04. The van der Waals surface area contributed by atoms with Gasteiger partial charge in [0, 0.05) is 0 Å². The molecule has 1 N–H and O–H groups in total. The van der Waals surface area contributed by atoms with E-state index >= 15 is 0 Å². The van der Waals surface area contributed by atoms with Gasteiger partial charge in [-0.05, 0) is 11.6 Å². The first-order chi connectivity index (χ1) is 5.29. The first-order valence-electron chi connectivity index (χ1n) is 3.13. The SMILES string of the molecule is O=Cc1c(F)cccc1CO. The fourth-order valence-corrected chi connectivity index (χ4v) is 0.852. The highest BCUT2D eigenvalue weighted by molar-refractivity contribution is 5.77. The quantitative estimate of drug-likeness (QED) is 0.648. The number of aldehydes is 1. The van der Waals surface area contributed by atoms with Crippen molar-refractivity contribution in [2.75, 3.05) is 0 Å². The number of halogens is 1. The molecule has 58 valence electrons. The van der Waals surface area contributed by atoms with Crippen molar-refractivity contribution in [3.05, 3.63) is 35.1 Å². The molecule has 1 aromatic rings. The van der Waals surface area contributed by atoms with Gasteiger partial charge in [-0.2, -0.15) is 0 Å². The Hall–Kier alpha value is -1.22. The molecule has 0 saturated carbocycles. The monoisotopic (exact) mass is 154 g/mol. The topological polar surface area (TPSA) is 37.3 Å². The lowest BCUT2D eigenvalue weighted by Gasteiger charge is -1.99. The smallest absolute Gasteiger partial charge is 0.153 e. The van der Waals surface area contributed by atoms with Crippen molar-refractivity contribution in [3.8, 4) is 0 Å². The van der Waals surface area contributed by atoms with Crippen LogP contribution in [0.1, 0.15) is 15.9 Å². The third-order valence-corrected chi connectivity index (χ3v) is 1.43. The minimum atomic E-state index is -0.591. The lowest BCUT2D eigenvalue weighted by molar-refractivity contribution is 0.111. The van der Waals surface area contributed by atoms with Crippen LogP contribution in [0, 0.1) is 5.82 Å². The number of benzene rings is 1. The number of rotatable bonds is 2. The Bertz CT molecular complexity index is 271. The third kappa shape index (κ3) is 1.43. The summed E-state index contributed by atoms with van der Waals surface area (Å²) in [4.78, 5) is 10.3. The van der Waals surface area contributed by atoms with Crippen LogP contribution in [0.5, 0.6) is 0 Å². The van der Waals surface area contributed by atoms with E-state index in [1.54, 1.807) is 0 Å². The molecule has 1 rings (SSSR count). The summed E-state index contributed by atoms with van der Waals surface area (Å²) in [5, 5.41) is 8.65. The molecule has 0 saturated heterocycles. The van der Waals surface area contributed by atoms with Gasteiger partial charge in [0.05, 0.1) is 12.2 Å². The van der Waals surface area contributed by atoms with Crippen LogP contribution in [0.2, 0.25) is 0 Å². The Kier molecular flexibility index (Phi) is 2.33. The van der Waals surface area contributed by atoms with Crippen molar-refractivity contribution in [2.45, 2.75) is 6.61 Å². The van der Waals surface area contributed by atoms with Crippen molar-refractivity contribution in [2.24, 2.45) is 0 Å². The van der Waals surface area contributed by atoms with Crippen LogP contribution in [-0.4, -0.2) is 11.4 Å². The van der Waals surface area contributed by atoms with Crippen molar-refractivity contribution in [1.29, 1.82) is 0 Å². The Balaban J connectivity index is 3.24. The lowest BCUT2D eigenvalue weighted by Crippen LogP contribution is -1.95. The van der Waals surface area contributed by atoms with Gasteiger partial charge in [0.2, 0.25) is 0 Å². The zero-order chi connectivity index (χ0) is 8.27. The van der Waals surface area contributed by atoms with Crippen LogP contribution in [-0.2, 0) is 6.61 Å². The average Bonchev–Trinajstić information content (AvgIpc) is 2.04. The van der Waals surface area contributed by atoms with Crippen LogP contribution < -0.4 is 0 Å². The maximum absolute atomic E-state index is 12.7.